The minimum Gasteiger partial charge on any atom is -0.329 e. The van der Waals surface area contributed by atoms with Crippen LogP contribution < -0.4 is 5.73 Å². The van der Waals surface area contributed by atoms with Gasteiger partial charge in [-0.15, -0.1) is 0 Å². The maximum atomic E-state index is 6.03. The van der Waals surface area contributed by atoms with E-state index in [0.29, 0.717) is 6.04 Å². The molecule has 0 radical (unpaired) electrons. The average molecular weight is 309 g/mol. The zero-order valence-electron chi connectivity index (χ0n) is 10.7. The molecule has 1 heterocycles. The van der Waals surface area contributed by atoms with Crippen LogP contribution in [0.25, 0.3) is 0 Å². The zero-order chi connectivity index (χ0) is 12.5. The highest BCUT2D eigenvalue weighted by Gasteiger charge is 2.38. The normalized spacial score (nSPS) is 29.4. The molecular weight excluding hydrogens is 288 g/mol. The number of fused-ring (bicyclic) bond motifs is 1. The van der Waals surface area contributed by atoms with Crippen LogP contribution in [0.1, 0.15) is 30.9 Å². The van der Waals surface area contributed by atoms with Crippen LogP contribution in [-0.2, 0) is 0 Å². The molecule has 0 spiro atoms. The highest BCUT2D eigenvalue weighted by Crippen LogP contribution is 2.40. The molecule has 3 unspecified atom stereocenters. The van der Waals surface area contributed by atoms with E-state index >= 15 is 0 Å². The van der Waals surface area contributed by atoms with Gasteiger partial charge in [0.2, 0.25) is 0 Å². The molecule has 0 aromatic heterocycles. The van der Waals surface area contributed by atoms with Crippen LogP contribution in [0.3, 0.4) is 0 Å². The van der Waals surface area contributed by atoms with Gasteiger partial charge in [0.1, 0.15) is 0 Å². The lowest BCUT2D eigenvalue weighted by molar-refractivity contribution is 0.232. The summed E-state index contributed by atoms with van der Waals surface area (Å²) in [7, 11) is 0. The SMILES string of the molecule is NCC(c1cccc(Br)c1)N1CC2CCCC2C1. The molecule has 2 nitrogen and oxygen atoms in total. The molecule has 3 rings (SSSR count). The van der Waals surface area contributed by atoms with Gasteiger partial charge >= 0.3 is 0 Å². The van der Waals surface area contributed by atoms with Crippen molar-refractivity contribution >= 4 is 15.9 Å². The highest BCUT2D eigenvalue weighted by atomic mass is 79.9. The van der Waals surface area contributed by atoms with Crippen molar-refractivity contribution < 1.29 is 0 Å². The summed E-state index contributed by atoms with van der Waals surface area (Å²) in [5.41, 5.74) is 7.38. The van der Waals surface area contributed by atoms with Crippen LogP contribution in [0.5, 0.6) is 0 Å². The van der Waals surface area contributed by atoms with Crippen molar-refractivity contribution in [2.24, 2.45) is 17.6 Å². The Morgan fingerprint density at radius 1 is 1.28 bits per heavy atom. The molecule has 1 aliphatic carbocycles. The second kappa shape index (κ2) is 5.32. The summed E-state index contributed by atoms with van der Waals surface area (Å²) in [5.74, 6) is 1.87. The van der Waals surface area contributed by atoms with Gasteiger partial charge in [-0.2, -0.15) is 0 Å². The predicted molar refractivity (Wildman–Crippen MR) is 78.3 cm³/mol. The van der Waals surface area contributed by atoms with Gasteiger partial charge in [-0.1, -0.05) is 34.5 Å². The molecule has 1 saturated heterocycles. The second-order valence-corrected chi connectivity index (χ2v) is 6.63. The summed E-state index contributed by atoms with van der Waals surface area (Å²) in [4.78, 5) is 2.61. The Balaban J connectivity index is 1.77. The number of hydrogen-bond acceptors (Lipinski definition) is 2. The maximum absolute atomic E-state index is 6.03. The number of hydrogen-bond donors (Lipinski definition) is 1. The highest BCUT2D eigenvalue weighted by molar-refractivity contribution is 9.10. The Labute approximate surface area is 118 Å². The average Bonchev–Trinajstić information content (AvgIpc) is 2.91. The summed E-state index contributed by atoms with van der Waals surface area (Å²) in [5, 5.41) is 0. The molecule has 18 heavy (non-hydrogen) atoms. The molecule has 2 aliphatic rings. The summed E-state index contributed by atoms with van der Waals surface area (Å²) in [6, 6.07) is 9.00. The molecule has 1 aromatic carbocycles. The van der Waals surface area contributed by atoms with Gasteiger partial charge in [0, 0.05) is 30.1 Å². The van der Waals surface area contributed by atoms with Gasteiger partial charge in [0.25, 0.3) is 0 Å². The maximum Gasteiger partial charge on any atom is 0.0471 e. The second-order valence-electron chi connectivity index (χ2n) is 5.71. The topological polar surface area (TPSA) is 29.3 Å². The fourth-order valence-electron chi connectivity index (χ4n) is 3.74. The minimum atomic E-state index is 0.396. The van der Waals surface area contributed by atoms with Crippen molar-refractivity contribution in [2.75, 3.05) is 19.6 Å². The first kappa shape index (κ1) is 12.6. The predicted octanol–water partition coefficient (Wildman–Crippen LogP) is 3.18. The van der Waals surface area contributed by atoms with Crippen LogP contribution in [0.2, 0.25) is 0 Å². The number of rotatable bonds is 3. The van der Waals surface area contributed by atoms with Crippen LogP contribution in [0.15, 0.2) is 28.7 Å². The van der Waals surface area contributed by atoms with Crippen molar-refractivity contribution in [3.05, 3.63) is 34.3 Å². The minimum absolute atomic E-state index is 0.396. The third kappa shape index (κ3) is 2.36. The van der Waals surface area contributed by atoms with E-state index in [1.807, 2.05) is 0 Å². The Bertz CT molecular complexity index is 409. The lowest BCUT2D eigenvalue weighted by Crippen LogP contribution is -2.32. The van der Waals surface area contributed by atoms with Gasteiger partial charge < -0.3 is 5.73 Å². The molecule has 2 N–H and O–H groups in total. The summed E-state index contributed by atoms with van der Waals surface area (Å²) in [6.45, 7) is 3.22. The molecule has 98 valence electrons. The van der Waals surface area contributed by atoms with E-state index in [1.54, 1.807) is 0 Å². The largest absolute Gasteiger partial charge is 0.329 e. The van der Waals surface area contributed by atoms with E-state index in [2.05, 4.69) is 45.1 Å². The molecule has 3 atom stereocenters. The number of likely N-dealkylation sites (tertiary alicyclic amines) is 1. The van der Waals surface area contributed by atoms with Crippen LogP contribution in [0.4, 0.5) is 0 Å². The fourth-order valence-corrected chi connectivity index (χ4v) is 4.15. The quantitative estimate of drug-likeness (QED) is 0.929. The standard InChI is InChI=1S/C15H21BrN2/c16-14-6-2-3-11(7-14)15(8-17)18-9-12-4-1-5-13(12)10-18/h2-3,6-7,12-13,15H,1,4-5,8-10,17H2. The van der Waals surface area contributed by atoms with Crippen molar-refractivity contribution in [1.29, 1.82) is 0 Å². The van der Waals surface area contributed by atoms with Gasteiger partial charge in [-0.3, -0.25) is 4.90 Å². The first-order valence-corrected chi connectivity index (χ1v) is 7.77. The third-order valence-electron chi connectivity index (χ3n) is 4.65. The lowest BCUT2D eigenvalue weighted by atomic mass is 10.0. The number of nitrogens with zero attached hydrogens (tertiary/aromatic N) is 1. The molecule has 3 heteroatoms. The van der Waals surface area contributed by atoms with Gasteiger partial charge in [-0.25, -0.2) is 0 Å². The summed E-state index contributed by atoms with van der Waals surface area (Å²) in [6.07, 6.45) is 4.29. The molecule has 2 fully saturated rings. The van der Waals surface area contributed by atoms with Crippen LogP contribution in [-0.4, -0.2) is 24.5 Å². The van der Waals surface area contributed by atoms with E-state index in [9.17, 15) is 0 Å². The van der Waals surface area contributed by atoms with Gasteiger partial charge in [0.05, 0.1) is 0 Å². The molecule has 0 bridgehead atoms. The van der Waals surface area contributed by atoms with E-state index in [0.717, 1.165) is 22.9 Å². The Kier molecular flexibility index (Phi) is 3.73. The lowest BCUT2D eigenvalue weighted by Gasteiger charge is -2.28. The van der Waals surface area contributed by atoms with Crippen molar-refractivity contribution in [2.45, 2.75) is 25.3 Å². The first-order chi connectivity index (χ1) is 8.78. The molecule has 1 saturated carbocycles. The van der Waals surface area contributed by atoms with Crippen molar-refractivity contribution in [3.8, 4) is 0 Å². The number of halogens is 1. The molecular formula is C15H21BrN2. The van der Waals surface area contributed by atoms with E-state index in [4.69, 9.17) is 5.73 Å². The number of benzene rings is 1. The molecule has 0 amide bonds. The van der Waals surface area contributed by atoms with E-state index in [-0.39, 0.29) is 0 Å². The monoisotopic (exact) mass is 308 g/mol. The van der Waals surface area contributed by atoms with Crippen LogP contribution in [0, 0.1) is 11.8 Å². The Morgan fingerprint density at radius 3 is 2.61 bits per heavy atom. The summed E-state index contributed by atoms with van der Waals surface area (Å²) < 4.78 is 1.15. The van der Waals surface area contributed by atoms with Gasteiger partial charge in [0.15, 0.2) is 0 Å². The zero-order valence-corrected chi connectivity index (χ0v) is 12.3. The smallest absolute Gasteiger partial charge is 0.0471 e. The first-order valence-electron chi connectivity index (χ1n) is 6.97. The molecule has 1 aliphatic heterocycles. The summed E-state index contributed by atoms with van der Waals surface area (Å²) >= 11 is 3.56. The van der Waals surface area contributed by atoms with E-state index in [1.165, 1.54) is 37.9 Å². The molecule has 1 aromatic rings. The number of nitrogens with two attached hydrogens (primary N) is 1. The van der Waals surface area contributed by atoms with Crippen LogP contribution >= 0.6 is 15.9 Å². The van der Waals surface area contributed by atoms with E-state index < -0.39 is 0 Å². The Morgan fingerprint density at radius 2 is 2.00 bits per heavy atom. The Hall–Kier alpha value is -0.380. The van der Waals surface area contributed by atoms with Gasteiger partial charge in [-0.05, 0) is 42.4 Å². The van der Waals surface area contributed by atoms with Crippen molar-refractivity contribution in [1.82, 2.24) is 4.90 Å². The third-order valence-corrected chi connectivity index (χ3v) is 5.15. The van der Waals surface area contributed by atoms with Crippen molar-refractivity contribution in [3.63, 3.8) is 0 Å². The fraction of sp³-hybridized carbons (Fsp3) is 0.600.